The van der Waals surface area contributed by atoms with Crippen LogP contribution in [-0.4, -0.2) is 36.6 Å². The highest BCUT2D eigenvalue weighted by molar-refractivity contribution is 5.32. The van der Waals surface area contributed by atoms with E-state index in [4.69, 9.17) is 0 Å². The van der Waals surface area contributed by atoms with Crippen molar-refractivity contribution >= 4 is 0 Å². The predicted octanol–water partition coefficient (Wildman–Crippen LogP) is 2.79. The zero-order valence-corrected chi connectivity index (χ0v) is 12.3. The summed E-state index contributed by atoms with van der Waals surface area (Å²) in [7, 11) is 0. The van der Waals surface area contributed by atoms with E-state index in [1.54, 1.807) is 11.1 Å². The van der Waals surface area contributed by atoms with Crippen molar-refractivity contribution in [3.05, 3.63) is 35.4 Å². The van der Waals surface area contributed by atoms with Crippen LogP contribution in [0.25, 0.3) is 0 Å². The Morgan fingerprint density at radius 3 is 3.00 bits per heavy atom. The van der Waals surface area contributed by atoms with E-state index in [1.807, 2.05) is 0 Å². The van der Waals surface area contributed by atoms with Crippen LogP contribution in [-0.2, 0) is 6.42 Å². The smallest absolute Gasteiger partial charge is 0.0252 e. The maximum atomic E-state index is 3.60. The number of fused-ring (bicyclic) bond motifs is 1. The summed E-state index contributed by atoms with van der Waals surface area (Å²) in [6, 6.07) is 9.07. The molecule has 1 N–H and O–H groups in total. The molecule has 104 valence electrons. The molecule has 1 fully saturated rings. The van der Waals surface area contributed by atoms with Gasteiger partial charge in [0, 0.05) is 31.7 Å². The minimum atomic E-state index is 0.270. The third-order valence-corrected chi connectivity index (χ3v) is 4.62. The first-order chi connectivity index (χ1) is 9.14. The topological polar surface area (TPSA) is 15.3 Å². The predicted molar refractivity (Wildman–Crippen MR) is 80.6 cm³/mol. The minimum Gasteiger partial charge on any atom is -0.309 e. The van der Waals surface area contributed by atoms with Gasteiger partial charge >= 0.3 is 0 Å². The summed E-state index contributed by atoms with van der Waals surface area (Å²) in [5, 5.41) is 3.60. The summed E-state index contributed by atoms with van der Waals surface area (Å²) in [6.07, 6.45) is 4.00. The number of hydrogen-bond donors (Lipinski definition) is 1. The van der Waals surface area contributed by atoms with Crippen LogP contribution >= 0.6 is 0 Å². The largest absolute Gasteiger partial charge is 0.309 e. The van der Waals surface area contributed by atoms with Crippen LogP contribution in [0.4, 0.5) is 0 Å². The van der Waals surface area contributed by atoms with Crippen molar-refractivity contribution in [3.63, 3.8) is 0 Å². The van der Waals surface area contributed by atoms with Gasteiger partial charge in [0.1, 0.15) is 0 Å². The number of piperazine rings is 1. The SMILES string of the molecule is CC1(C)CN(CC2CCCc3ccccc32)CCN1. The zero-order valence-electron chi connectivity index (χ0n) is 12.3. The van der Waals surface area contributed by atoms with Gasteiger partial charge < -0.3 is 5.32 Å². The van der Waals surface area contributed by atoms with Crippen molar-refractivity contribution < 1.29 is 0 Å². The third kappa shape index (κ3) is 3.01. The lowest BCUT2D eigenvalue weighted by Crippen LogP contribution is -2.57. The fourth-order valence-corrected chi connectivity index (χ4v) is 3.76. The molecule has 0 bridgehead atoms. The van der Waals surface area contributed by atoms with Crippen molar-refractivity contribution in [2.24, 2.45) is 0 Å². The van der Waals surface area contributed by atoms with Crippen LogP contribution in [0, 0.1) is 0 Å². The van der Waals surface area contributed by atoms with E-state index >= 15 is 0 Å². The van der Waals surface area contributed by atoms with Gasteiger partial charge in [-0.1, -0.05) is 24.3 Å². The summed E-state index contributed by atoms with van der Waals surface area (Å²) < 4.78 is 0. The molecule has 1 aliphatic heterocycles. The fraction of sp³-hybridized carbons (Fsp3) is 0.647. The quantitative estimate of drug-likeness (QED) is 0.877. The van der Waals surface area contributed by atoms with E-state index in [0.29, 0.717) is 0 Å². The summed E-state index contributed by atoms with van der Waals surface area (Å²) in [5.41, 5.74) is 3.48. The number of rotatable bonds is 2. The first-order valence-electron chi connectivity index (χ1n) is 7.69. The monoisotopic (exact) mass is 258 g/mol. The van der Waals surface area contributed by atoms with E-state index < -0.39 is 0 Å². The molecule has 1 aromatic carbocycles. The Kier molecular flexibility index (Phi) is 3.64. The van der Waals surface area contributed by atoms with Crippen LogP contribution in [0.5, 0.6) is 0 Å². The molecule has 1 unspecified atom stereocenters. The van der Waals surface area contributed by atoms with E-state index in [1.165, 1.54) is 38.9 Å². The average Bonchev–Trinajstić information content (AvgIpc) is 2.38. The first-order valence-corrected chi connectivity index (χ1v) is 7.69. The van der Waals surface area contributed by atoms with Gasteiger partial charge in [0.15, 0.2) is 0 Å². The van der Waals surface area contributed by atoms with E-state index in [-0.39, 0.29) is 5.54 Å². The average molecular weight is 258 g/mol. The van der Waals surface area contributed by atoms with Gasteiger partial charge in [-0.25, -0.2) is 0 Å². The van der Waals surface area contributed by atoms with Crippen molar-refractivity contribution in [2.45, 2.75) is 44.6 Å². The third-order valence-electron chi connectivity index (χ3n) is 4.62. The van der Waals surface area contributed by atoms with Crippen LogP contribution in [0.1, 0.15) is 43.7 Å². The van der Waals surface area contributed by atoms with Crippen molar-refractivity contribution in [1.29, 1.82) is 0 Å². The van der Waals surface area contributed by atoms with Gasteiger partial charge in [-0.3, -0.25) is 4.90 Å². The van der Waals surface area contributed by atoms with Gasteiger partial charge in [0.05, 0.1) is 0 Å². The Balaban J connectivity index is 1.71. The molecule has 1 saturated heterocycles. The van der Waals surface area contributed by atoms with Crippen LogP contribution in [0.15, 0.2) is 24.3 Å². The second-order valence-electron chi connectivity index (χ2n) is 6.83. The van der Waals surface area contributed by atoms with Crippen LogP contribution < -0.4 is 5.32 Å². The van der Waals surface area contributed by atoms with Gasteiger partial charge in [-0.05, 0) is 50.2 Å². The molecule has 1 aliphatic carbocycles. The lowest BCUT2D eigenvalue weighted by molar-refractivity contribution is 0.144. The Labute approximate surface area is 117 Å². The highest BCUT2D eigenvalue weighted by atomic mass is 15.2. The van der Waals surface area contributed by atoms with Crippen molar-refractivity contribution in [1.82, 2.24) is 10.2 Å². The molecule has 0 amide bonds. The molecule has 3 rings (SSSR count). The summed E-state index contributed by atoms with van der Waals surface area (Å²) in [6.45, 7) is 9.36. The molecule has 1 heterocycles. The Bertz CT molecular complexity index is 439. The second kappa shape index (κ2) is 5.26. The minimum absolute atomic E-state index is 0.270. The second-order valence-corrected chi connectivity index (χ2v) is 6.83. The molecule has 1 aromatic rings. The molecular formula is C17H26N2. The highest BCUT2D eigenvalue weighted by Crippen LogP contribution is 2.32. The van der Waals surface area contributed by atoms with Crippen molar-refractivity contribution in [2.75, 3.05) is 26.2 Å². The lowest BCUT2D eigenvalue weighted by atomic mass is 9.82. The molecule has 0 spiro atoms. The number of nitrogens with zero attached hydrogens (tertiary/aromatic N) is 1. The van der Waals surface area contributed by atoms with Crippen LogP contribution in [0.3, 0.4) is 0 Å². The molecule has 2 heteroatoms. The molecular weight excluding hydrogens is 232 g/mol. The van der Waals surface area contributed by atoms with Crippen LogP contribution in [0.2, 0.25) is 0 Å². The zero-order chi connectivity index (χ0) is 13.3. The number of nitrogens with one attached hydrogen (secondary N) is 1. The van der Waals surface area contributed by atoms with Gasteiger partial charge in [0.25, 0.3) is 0 Å². The summed E-state index contributed by atoms with van der Waals surface area (Å²) in [4.78, 5) is 2.66. The molecule has 2 aliphatic rings. The molecule has 0 saturated carbocycles. The van der Waals surface area contributed by atoms with Gasteiger partial charge in [-0.2, -0.15) is 0 Å². The Hall–Kier alpha value is -0.860. The summed E-state index contributed by atoms with van der Waals surface area (Å²) >= 11 is 0. The maximum absolute atomic E-state index is 3.60. The molecule has 0 aromatic heterocycles. The lowest BCUT2D eigenvalue weighted by Gasteiger charge is -2.41. The molecule has 0 radical (unpaired) electrons. The standard InChI is InChI=1S/C17H26N2/c1-17(2)13-19(11-10-18-17)12-15-8-5-7-14-6-3-4-9-16(14)15/h3-4,6,9,15,18H,5,7-8,10-13H2,1-2H3. The van der Waals surface area contributed by atoms with E-state index in [9.17, 15) is 0 Å². The Morgan fingerprint density at radius 2 is 2.16 bits per heavy atom. The number of hydrogen-bond acceptors (Lipinski definition) is 2. The van der Waals surface area contributed by atoms with Gasteiger partial charge in [0.2, 0.25) is 0 Å². The highest BCUT2D eigenvalue weighted by Gasteiger charge is 2.28. The maximum Gasteiger partial charge on any atom is 0.0252 e. The molecule has 1 atom stereocenters. The van der Waals surface area contributed by atoms with E-state index in [2.05, 4.69) is 48.3 Å². The van der Waals surface area contributed by atoms with Crippen molar-refractivity contribution in [3.8, 4) is 0 Å². The summed E-state index contributed by atoms with van der Waals surface area (Å²) in [5.74, 6) is 0.749. The normalized spacial score (nSPS) is 26.9. The fourth-order valence-electron chi connectivity index (χ4n) is 3.76. The van der Waals surface area contributed by atoms with Gasteiger partial charge in [-0.15, -0.1) is 0 Å². The Morgan fingerprint density at radius 1 is 1.32 bits per heavy atom. The number of aryl methyl sites for hydroxylation is 1. The first kappa shape index (κ1) is 13.1. The van der Waals surface area contributed by atoms with E-state index in [0.717, 1.165) is 12.5 Å². The molecule has 19 heavy (non-hydrogen) atoms. The molecule has 2 nitrogen and oxygen atoms in total. The number of benzene rings is 1.